The Balaban J connectivity index is 2.43. The third-order valence-corrected chi connectivity index (χ3v) is 4.27. The molecular formula is C15H32N2O. The van der Waals surface area contributed by atoms with Crippen molar-refractivity contribution in [3.63, 3.8) is 0 Å². The molecule has 0 saturated carbocycles. The van der Waals surface area contributed by atoms with Gasteiger partial charge >= 0.3 is 0 Å². The number of nitrogens with zero attached hydrogens (tertiary/aromatic N) is 1. The van der Waals surface area contributed by atoms with Crippen LogP contribution in [0.5, 0.6) is 0 Å². The summed E-state index contributed by atoms with van der Waals surface area (Å²) in [6.07, 6.45) is 3.66. The van der Waals surface area contributed by atoms with E-state index in [9.17, 15) is 0 Å². The van der Waals surface area contributed by atoms with E-state index in [4.69, 9.17) is 4.74 Å². The largest absolute Gasteiger partial charge is 0.382 e. The van der Waals surface area contributed by atoms with E-state index < -0.39 is 0 Å². The number of rotatable bonds is 8. The molecular weight excluding hydrogens is 224 g/mol. The van der Waals surface area contributed by atoms with Gasteiger partial charge in [-0.3, -0.25) is 4.90 Å². The van der Waals surface area contributed by atoms with Crippen molar-refractivity contribution in [2.75, 3.05) is 32.8 Å². The van der Waals surface area contributed by atoms with Gasteiger partial charge in [-0.05, 0) is 25.7 Å². The van der Waals surface area contributed by atoms with Gasteiger partial charge in [0.2, 0.25) is 0 Å². The Morgan fingerprint density at radius 3 is 2.72 bits per heavy atom. The Bertz CT molecular complexity index is 211. The summed E-state index contributed by atoms with van der Waals surface area (Å²) in [4.78, 5) is 2.69. The van der Waals surface area contributed by atoms with Crippen LogP contribution in [0.1, 0.15) is 47.0 Å². The summed E-state index contributed by atoms with van der Waals surface area (Å²) < 4.78 is 5.46. The fourth-order valence-corrected chi connectivity index (χ4v) is 2.78. The van der Waals surface area contributed by atoms with Crippen molar-refractivity contribution >= 4 is 0 Å². The Kier molecular flexibility index (Phi) is 7.87. The number of piperazine rings is 1. The van der Waals surface area contributed by atoms with Crippen LogP contribution < -0.4 is 5.32 Å². The maximum Gasteiger partial charge on any atom is 0.0478 e. The van der Waals surface area contributed by atoms with Gasteiger partial charge < -0.3 is 10.1 Å². The molecule has 0 spiro atoms. The third kappa shape index (κ3) is 4.87. The zero-order valence-corrected chi connectivity index (χ0v) is 12.7. The molecule has 3 unspecified atom stereocenters. The van der Waals surface area contributed by atoms with Crippen LogP contribution >= 0.6 is 0 Å². The Morgan fingerprint density at radius 2 is 2.11 bits per heavy atom. The second kappa shape index (κ2) is 8.89. The van der Waals surface area contributed by atoms with Gasteiger partial charge in [-0.15, -0.1) is 0 Å². The number of hydrogen-bond donors (Lipinski definition) is 1. The summed E-state index contributed by atoms with van der Waals surface area (Å²) in [6, 6.07) is 1.39. The molecule has 0 aromatic rings. The molecule has 1 aliphatic heterocycles. The van der Waals surface area contributed by atoms with E-state index in [1.165, 1.54) is 25.9 Å². The van der Waals surface area contributed by atoms with E-state index in [2.05, 4.69) is 37.9 Å². The van der Waals surface area contributed by atoms with Crippen LogP contribution in [0.2, 0.25) is 0 Å². The highest BCUT2D eigenvalue weighted by molar-refractivity contribution is 4.87. The summed E-state index contributed by atoms with van der Waals surface area (Å²) in [5.41, 5.74) is 0. The highest BCUT2D eigenvalue weighted by Gasteiger charge is 2.29. The lowest BCUT2D eigenvalue weighted by atomic mass is 9.94. The Hall–Kier alpha value is -0.120. The lowest BCUT2D eigenvalue weighted by Gasteiger charge is -2.43. The zero-order valence-electron chi connectivity index (χ0n) is 12.7. The van der Waals surface area contributed by atoms with Gasteiger partial charge in [-0.2, -0.15) is 0 Å². The molecule has 1 N–H and O–H groups in total. The molecule has 0 aliphatic carbocycles. The molecule has 3 atom stereocenters. The van der Waals surface area contributed by atoms with Crippen LogP contribution in [-0.4, -0.2) is 49.8 Å². The first-order chi connectivity index (χ1) is 8.72. The summed E-state index contributed by atoms with van der Waals surface area (Å²) in [6.45, 7) is 14.3. The van der Waals surface area contributed by atoms with E-state index in [1.807, 2.05) is 0 Å². The first-order valence-corrected chi connectivity index (χ1v) is 7.78. The van der Waals surface area contributed by atoms with Crippen molar-refractivity contribution in [3.8, 4) is 0 Å². The topological polar surface area (TPSA) is 24.5 Å². The van der Waals surface area contributed by atoms with E-state index in [0.717, 1.165) is 32.1 Å². The first kappa shape index (κ1) is 15.9. The minimum absolute atomic E-state index is 0.678. The second-order valence-corrected chi connectivity index (χ2v) is 5.51. The van der Waals surface area contributed by atoms with Gasteiger partial charge in [0.15, 0.2) is 0 Å². The van der Waals surface area contributed by atoms with E-state index in [-0.39, 0.29) is 0 Å². The second-order valence-electron chi connectivity index (χ2n) is 5.51. The van der Waals surface area contributed by atoms with Crippen LogP contribution in [0.15, 0.2) is 0 Å². The van der Waals surface area contributed by atoms with Gasteiger partial charge in [0, 0.05) is 44.9 Å². The lowest BCUT2D eigenvalue weighted by Crippen LogP contribution is -2.58. The highest BCUT2D eigenvalue weighted by Crippen LogP contribution is 2.19. The molecule has 1 heterocycles. The summed E-state index contributed by atoms with van der Waals surface area (Å²) >= 11 is 0. The maximum atomic E-state index is 5.46. The average molecular weight is 256 g/mol. The lowest BCUT2D eigenvalue weighted by molar-refractivity contribution is 0.0723. The van der Waals surface area contributed by atoms with Crippen LogP contribution in [-0.2, 0) is 4.74 Å². The summed E-state index contributed by atoms with van der Waals surface area (Å²) in [5.74, 6) is 0.780. The fourth-order valence-electron chi connectivity index (χ4n) is 2.78. The van der Waals surface area contributed by atoms with Gasteiger partial charge in [0.1, 0.15) is 0 Å². The molecule has 0 aromatic heterocycles. The molecule has 1 rings (SSSR count). The Labute approximate surface area is 113 Å². The van der Waals surface area contributed by atoms with Gasteiger partial charge in [0.25, 0.3) is 0 Å². The van der Waals surface area contributed by atoms with E-state index in [0.29, 0.717) is 12.1 Å². The molecule has 1 aliphatic rings. The van der Waals surface area contributed by atoms with Crippen molar-refractivity contribution in [3.05, 3.63) is 0 Å². The molecule has 1 saturated heterocycles. The van der Waals surface area contributed by atoms with Crippen molar-refractivity contribution in [1.82, 2.24) is 10.2 Å². The van der Waals surface area contributed by atoms with Crippen molar-refractivity contribution in [1.29, 1.82) is 0 Å². The van der Waals surface area contributed by atoms with Crippen molar-refractivity contribution in [2.24, 2.45) is 5.92 Å². The predicted molar refractivity (Wildman–Crippen MR) is 78.0 cm³/mol. The van der Waals surface area contributed by atoms with Crippen LogP contribution in [0.25, 0.3) is 0 Å². The molecule has 0 bridgehead atoms. The fraction of sp³-hybridized carbons (Fsp3) is 1.00. The first-order valence-electron chi connectivity index (χ1n) is 7.78. The van der Waals surface area contributed by atoms with Gasteiger partial charge in [-0.1, -0.05) is 27.2 Å². The van der Waals surface area contributed by atoms with Crippen LogP contribution in [0.3, 0.4) is 0 Å². The van der Waals surface area contributed by atoms with E-state index in [1.54, 1.807) is 0 Å². The maximum absolute atomic E-state index is 5.46. The number of ether oxygens (including phenoxy) is 1. The van der Waals surface area contributed by atoms with Gasteiger partial charge in [0.05, 0.1) is 0 Å². The van der Waals surface area contributed by atoms with Crippen LogP contribution in [0, 0.1) is 5.92 Å². The highest BCUT2D eigenvalue weighted by atomic mass is 16.5. The smallest absolute Gasteiger partial charge is 0.0478 e. The van der Waals surface area contributed by atoms with Crippen molar-refractivity contribution in [2.45, 2.75) is 59.0 Å². The molecule has 3 nitrogen and oxygen atoms in total. The normalized spacial score (nSPS) is 27.3. The molecule has 0 radical (unpaired) electrons. The average Bonchev–Trinajstić information content (AvgIpc) is 2.42. The molecule has 108 valence electrons. The van der Waals surface area contributed by atoms with Crippen molar-refractivity contribution < 1.29 is 4.74 Å². The molecule has 1 fully saturated rings. The van der Waals surface area contributed by atoms with Crippen LogP contribution in [0.4, 0.5) is 0 Å². The zero-order chi connectivity index (χ0) is 13.4. The SMILES string of the molecule is CCOCCCN1CC(CC)NCC1C(C)CC. The molecule has 18 heavy (non-hydrogen) atoms. The summed E-state index contributed by atoms with van der Waals surface area (Å²) in [7, 11) is 0. The predicted octanol–water partition coefficient (Wildman–Crippen LogP) is 2.51. The molecule has 0 amide bonds. The molecule has 0 aromatic carbocycles. The number of nitrogens with one attached hydrogen (secondary N) is 1. The minimum atomic E-state index is 0.678. The van der Waals surface area contributed by atoms with Gasteiger partial charge in [-0.25, -0.2) is 0 Å². The monoisotopic (exact) mass is 256 g/mol. The standard InChI is InChI=1S/C15H32N2O/c1-5-13(4)15-11-16-14(6-2)12-17(15)9-8-10-18-7-3/h13-16H,5-12H2,1-4H3. The quantitative estimate of drug-likeness (QED) is 0.675. The summed E-state index contributed by atoms with van der Waals surface area (Å²) in [5, 5.41) is 3.69. The minimum Gasteiger partial charge on any atom is -0.382 e. The third-order valence-electron chi connectivity index (χ3n) is 4.27. The Morgan fingerprint density at radius 1 is 1.33 bits per heavy atom. The number of hydrogen-bond acceptors (Lipinski definition) is 3. The molecule has 3 heteroatoms. The van der Waals surface area contributed by atoms with E-state index >= 15 is 0 Å².